The third-order valence-electron chi connectivity index (χ3n) is 4.84. The van der Waals surface area contributed by atoms with Crippen LogP contribution in [0.3, 0.4) is 0 Å². The minimum absolute atomic E-state index is 0.146. The number of aromatic nitrogens is 3. The first-order chi connectivity index (χ1) is 12.1. The summed E-state index contributed by atoms with van der Waals surface area (Å²) < 4.78 is 1.41. The molecule has 1 aromatic heterocycles. The number of hydrogen-bond acceptors (Lipinski definition) is 4. The summed E-state index contributed by atoms with van der Waals surface area (Å²) in [5.74, 6) is -1.24. The molecule has 3 unspecified atom stereocenters. The van der Waals surface area contributed by atoms with Gasteiger partial charge in [-0.15, -0.1) is 0 Å². The molecule has 7 nitrogen and oxygen atoms in total. The van der Waals surface area contributed by atoms with E-state index in [0.717, 1.165) is 19.3 Å². The summed E-state index contributed by atoms with van der Waals surface area (Å²) in [6.07, 6.45) is 6.18. The fourth-order valence-corrected chi connectivity index (χ4v) is 3.44. The Morgan fingerprint density at radius 1 is 1.40 bits per heavy atom. The molecule has 1 aromatic carbocycles. The quantitative estimate of drug-likeness (QED) is 0.836. The number of hydrogen-bond donors (Lipinski definition) is 2. The second-order valence-corrected chi connectivity index (χ2v) is 6.47. The predicted octanol–water partition coefficient (Wildman–Crippen LogP) is 1.92. The lowest BCUT2D eigenvalue weighted by Gasteiger charge is -2.28. The van der Waals surface area contributed by atoms with Crippen LogP contribution in [0.4, 0.5) is 0 Å². The van der Waals surface area contributed by atoms with Gasteiger partial charge in [-0.05, 0) is 49.7 Å². The van der Waals surface area contributed by atoms with Crippen LogP contribution in [0, 0.1) is 0 Å². The highest BCUT2D eigenvalue weighted by Crippen LogP contribution is 2.34. The number of benzene rings is 1. The summed E-state index contributed by atoms with van der Waals surface area (Å²) in [5, 5.41) is 16.2. The Hall–Kier alpha value is -2.70. The van der Waals surface area contributed by atoms with E-state index in [-0.39, 0.29) is 11.8 Å². The molecule has 0 saturated heterocycles. The molecule has 0 aliphatic heterocycles. The maximum atomic E-state index is 12.4. The summed E-state index contributed by atoms with van der Waals surface area (Å²) in [4.78, 5) is 27.9. The molecular formula is C18H22N4O3. The Bertz CT molecular complexity index is 745. The second-order valence-electron chi connectivity index (χ2n) is 6.47. The first kappa shape index (κ1) is 17.1. The van der Waals surface area contributed by atoms with Crippen LogP contribution in [0.1, 0.15) is 49.3 Å². The smallest absolute Gasteiger partial charge is 0.326 e. The van der Waals surface area contributed by atoms with E-state index < -0.39 is 18.1 Å². The lowest BCUT2D eigenvalue weighted by Crippen LogP contribution is -2.44. The molecule has 0 spiro atoms. The van der Waals surface area contributed by atoms with Crippen molar-refractivity contribution in [2.75, 3.05) is 0 Å². The average molecular weight is 342 g/mol. The molecule has 3 atom stereocenters. The van der Waals surface area contributed by atoms with Gasteiger partial charge < -0.3 is 10.4 Å². The Kier molecular flexibility index (Phi) is 5.11. The lowest BCUT2D eigenvalue weighted by molar-refractivity contribution is -0.142. The molecule has 0 fully saturated rings. The molecule has 25 heavy (non-hydrogen) atoms. The van der Waals surface area contributed by atoms with Gasteiger partial charge in [0, 0.05) is 0 Å². The fraction of sp³-hybridized carbons (Fsp3) is 0.444. The minimum Gasteiger partial charge on any atom is -0.480 e. The number of carboxylic acids is 1. The van der Waals surface area contributed by atoms with Crippen molar-refractivity contribution in [2.45, 2.75) is 50.6 Å². The Morgan fingerprint density at radius 3 is 2.92 bits per heavy atom. The SMILES string of the molecule is CC(C(=O)NC(CC1CCCc2ccccc21)C(=O)O)n1cncn1. The fourth-order valence-electron chi connectivity index (χ4n) is 3.44. The van der Waals surface area contributed by atoms with E-state index in [1.54, 1.807) is 6.92 Å². The number of amides is 1. The zero-order chi connectivity index (χ0) is 17.8. The van der Waals surface area contributed by atoms with Crippen molar-refractivity contribution >= 4 is 11.9 Å². The van der Waals surface area contributed by atoms with Gasteiger partial charge in [-0.25, -0.2) is 14.5 Å². The van der Waals surface area contributed by atoms with Crippen molar-refractivity contribution in [2.24, 2.45) is 0 Å². The van der Waals surface area contributed by atoms with Crippen molar-refractivity contribution in [1.82, 2.24) is 20.1 Å². The summed E-state index contributed by atoms with van der Waals surface area (Å²) in [6.45, 7) is 1.67. The van der Waals surface area contributed by atoms with Crippen molar-refractivity contribution < 1.29 is 14.7 Å². The number of carboxylic acid groups (broad SMARTS) is 1. The number of carbonyl (C=O) groups excluding carboxylic acids is 1. The van der Waals surface area contributed by atoms with Gasteiger partial charge >= 0.3 is 5.97 Å². The lowest BCUT2D eigenvalue weighted by atomic mass is 9.79. The van der Waals surface area contributed by atoms with Gasteiger partial charge in [0.05, 0.1) is 0 Å². The molecule has 1 aliphatic carbocycles. The third kappa shape index (κ3) is 3.87. The molecule has 0 bridgehead atoms. The van der Waals surface area contributed by atoms with E-state index in [0.29, 0.717) is 6.42 Å². The highest BCUT2D eigenvalue weighted by molar-refractivity contribution is 5.85. The van der Waals surface area contributed by atoms with Gasteiger partial charge in [-0.1, -0.05) is 24.3 Å². The molecule has 0 saturated carbocycles. The van der Waals surface area contributed by atoms with Crippen LogP contribution in [0.25, 0.3) is 0 Å². The van der Waals surface area contributed by atoms with Gasteiger partial charge in [0.15, 0.2) is 0 Å². The van der Waals surface area contributed by atoms with Crippen LogP contribution in [-0.4, -0.2) is 37.8 Å². The molecule has 3 rings (SSSR count). The molecule has 1 amide bonds. The zero-order valence-electron chi connectivity index (χ0n) is 14.1. The first-order valence-corrected chi connectivity index (χ1v) is 8.51. The Balaban J connectivity index is 1.70. The average Bonchev–Trinajstić information content (AvgIpc) is 3.15. The van der Waals surface area contributed by atoms with Crippen LogP contribution < -0.4 is 5.32 Å². The highest BCUT2D eigenvalue weighted by Gasteiger charge is 2.29. The number of nitrogens with zero attached hydrogens (tertiary/aromatic N) is 3. The molecule has 0 radical (unpaired) electrons. The molecule has 2 N–H and O–H groups in total. The standard InChI is InChI=1S/C18H22N4O3/c1-12(22-11-19-10-20-22)17(23)21-16(18(24)25)9-14-7-4-6-13-5-2-3-8-15(13)14/h2-3,5,8,10-12,14,16H,4,6-7,9H2,1H3,(H,21,23)(H,24,25). The van der Waals surface area contributed by atoms with E-state index >= 15 is 0 Å². The van der Waals surface area contributed by atoms with Crippen molar-refractivity contribution in [1.29, 1.82) is 0 Å². The highest BCUT2D eigenvalue weighted by atomic mass is 16.4. The Labute approximate surface area is 146 Å². The molecule has 1 heterocycles. The molecule has 132 valence electrons. The molecule has 2 aromatic rings. The van der Waals surface area contributed by atoms with Crippen molar-refractivity contribution in [3.05, 3.63) is 48.0 Å². The van der Waals surface area contributed by atoms with Gasteiger partial charge in [-0.3, -0.25) is 4.79 Å². The van der Waals surface area contributed by atoms with E-state index in [1.807, 2.05) is 12.1 Å². The number of nitrogens with one attached hydrogen (secondary N) is 1. The number of aryl methyl sites for hydroxylation is 1. The summed E-state index contributed by atoms with van der Waals surface area (Å²) in [7, 11) is 0. The van der Waals surface area contributed by atoms with Crippen LogP contribution in [0.5, 0.6) is 0 Å². The number of fused-ring (bicyclic) bond motifs is 1. The monoisotopic (exact) mass is 342 g/mol. The summed E-state index contributed by atoms with van der Waals surface area (Å²) >= 11 is 0. The zero-order valence-corrected chi connectivity index (χ0v) is 14.1. The predicted molar refractivity (Wildman–Crippen MR) is 91.0 cm³/mol. The van der Waals surface area contributed by atoms with Gasteiger partial charge in [0.1, 0.15) is 24.7 Å². The molecule has 7 heteroatoms. The van der Waals surface area contributed by atoms with E-state index in [2.05, 4.69) is 27.5 Å². The van der Waals surface area contributed by atoms with Gasteiger partial charge in [0.2, 0.25) is 5.91 Å². The second kappa shape index (κ2) is 7.46. The van der Waals surface area contributed by atoms with Crippen LogP contribution in [-0.2, 0) is 16.0 Å². The van der Waals surface area contributed by atoms with Crippen LogP contribution >= 0.6 is 0 Å². The first-order valence-electron chi connectivity index (χ1n) is 8.51. The molecular weight excluding hydrogens is 320 g/mol. The maximum Gasteiger partial charge on any atom is 0.326 e. The number of carbonyl (C=O) groups is 2. The van der Waals surface area contributed by atoms with Gasteiger partial charge in [0.25, 0.3) is 0 Å². The number of aliphatic carboxylic acids is 1. The van der Waals surface area contributed by atoms with Crippen molar-refractivity contribution in [3.8, 4) is 0 Å². The maximum absolute atomic E-state index is 12.4. The van der Waals surface area contributed by atoms with Gasteiger partial charge in [-0.2, -0.15) is 5.10 Å². The normalized spacial score (nSPS) is 18.8. The van der Waals surface area contributed by atoms with E-state index in [4.69, 9.17) is 0 Å². The summed E-state index contributed by atoms with van der Waals surface area (Å²) in [5.41, 5.74) is 2.49. The molecule has 1 aliphatic rings. The largest absolute Gasteiger partial charge is 0.480 e. The van der Waals surface area contributed by atoms with E-state index in [9.17, 15) is 14.7 Å². The van der Waals surface area contributed by atoms with Crippen LogP contribution in [0.2, 0.25) is 0 Å². The minimum atomic E-state index is -1.01. The topological polar surface area (TPSA) is 97.1 Å². The summed E-state index contributed by atoms with van der Waals surface area (Å²) in [6, 6.07) is 6.63. The van der Waals surface area contributed by atoms with E-state index in [1.165, 1.54) is 28.5 Å². The van der Waals surface area contributed by atoms with Crippen molar-refractivity contribution in [3.63, 3.8) is 0 Å². The third-order valence-corrected chi connectivity index (χ3v) is 4.84. The Morgan fingerprint density at radius 2 is 2.20 bits per heavy atom. The number of rotatable bonds is 6. The van der Waals surface area contributed by atoms with Crippen LogP contribution in [0.15, 0.2) is 36.9 Å².